The molecule has 120 valence electrons. The maximum Gasteiger partial charge on any atom is 0.279 e. The van der Waals surface area contributed by atoms with E-state index in [0.29, 0.717) is 36.8 Å². The van der Waals surface area contributed by atoms with E-state index in [1.54, 1.807) is 34.1 Å². The lowest BCUT2D eigenvalue weighted by molar-refractivity contribution is -0.171. The minimum atomic E-state index is -0.893. The Morgan fingerprint density at radius 3 is 2.23 bits per heavy atom. The fourth-order valence-electron chi connectivity index (χ4n) is 2.38. The summed E-state index contributed by atoms with van der Waals surface area (Å²) in [6, 6.07) is 6.85. The Labute approximate surface area is 134 Å². The number of rotatable bonds is 4. The number of carbonyl (C=O) groups is 2. The first-order valence-electron chi connectivity index (χ1n) is 6.96. The van der Waals surface area contributed by atoms with Crippen molar-refractivity contribution >= 4 is 23.4 Å². The molecule has 0 spiro atoms. The van der Waals surface area contributed by atoms with E-state index in [-0.39, 0.29) is 11.8 Å². The van der Waals surface area contributed by atoms with Gasteiger partial charge in [-0.1, -0.05) is 17.7 Å². The third-order valence-electron chi connectivity index (χ3n) is 3.58. The summed E-state index contributed by atoms with van der Waals surface area (Å²) in [7, 11) is 2.84. The molecule has 1 aromatic carbocycles. The molecule has 0 atom stereocenters. The highest BCUT2D eigenvalue weighted by atomic mass is 35.5. The van der Waals surface area contributed by atoms with E-state index in [9.17, 15) is 9.59 Å². The van der Waals surface area contributed by atoms with E-state index in [1.807, 2.05) is 0 Å². The molecule has 0 bridgehead atoms. The van der Waals surface area contributed by atoms with Crippen LogP contribution < -0.4 is 0 Å². The summed E-state index contributed by atoms with van der Waals surface area (Å²) < 4.78 is 9.93. The van der Waals surface area contributed by atoms with Crippen LogP contribution >= 0.6 is 11.6 Å². The van der Waals surface area contributed by atoms with Gasteiger partial charge in [-0.15, -0.1) is 0 Å². The van der Waals surface area contributed by atoms with Gasteiger partial charge in [0.05, 0.1) is 0 Å². The fourth-order valence-corrected chi connectivity index (χ4v) is 2.57. The van der Waals surface area contributed by atoms with Crippen molar-refractivity contribution in [3.05, 3.63) is 34.9 Å². The van der Waals surface area contributed by atoms with Gasteiger partial charge in [0.2, 0.25) is 6.29 Å². The Hall–Kier alpha value is -1.63. The van der Waals surface area contributed by atoms with Crippen LogP contribution in [0.2, 0.25) is 5.02 Å². The van der Waals surface area contributed by atoms with Gasteiger partial charge in [-0.25, -0.2) is 0 Å². The zero-order valence-corrected chi connectivity index (χ0v) is 13.4. The molecule has 0 unspecified atom stereocenters. The average Bonchev–Trinajstić information content (AvgIpc) is 2.55. The lowest BCUT2D eigenvalue weighted by Crippen LogP contribution is -2.53. The van der Waals surface area contributed by atoms with Crippen molar-refractivity contribution < 1.29 is 19.1 Å². The van der Waals surface area contributed by atoms with Crippen molar-refractivity contribution in [1.29, 1.82) is 0 Å². The van der Waals surface area contributed by atoms with Crippen molar-refractivity contribution in [2.24, 2.45) is 0 Å². The molecular formula is C15H19ClN2O4. The van der Waals surface area contributed by atoms with Crippen molar-refractivity contribution in [3.63, 3.8) is 0 Å². The van der Waals surface area contributed by atoms with Gasteiger partial charge in [-0.05, 0) is 18.2 Å². The third kappa shape index (κ3) is 3.76. The summed E-state index contributed by atoms with van der Waals surface area (Å²) in [5.41, 5.74) is 0.555. The number of amides is 2. The number of benzene rings is 1. The molecule has 1 fully saturated rings. The van der Waals surface area contributed by atoms with Crippen LogP contribution in [0.1, 0.15) is 10.4 Å². The van der Waals surface area contributed by atoms with E-state index in [0.717, 1.165) is 0 Å². The average molecular weight is 327 g/mol. The Morgan fingerprint density at radius 1 is 1.09 bits per heavy atom. The topological polar surface area (TPSA) is 59.1 Å². The Morgan fingerprint density at radius 2 is 1.68 bits per heavy atom. The largest absolute Gasteiger partial charge is 0.348 e. The highest BCUT2D eigenvalue weighted by molar-refractivity contribution is 6.30. The zero-order chi connectivity index (χ0) is 16.1. The smallest absolute Gasteiger partial charge is 0.279 e. The molecular weight excluding hydrogens is 308 g/mol. The molecule has 1 saturated heterocycles. The Kier molecular flexibility index (Phi) is 5.76. The van der Waals surface area contributed by atoms with Gasteiger partial charge in [-0.2, -0.15) is 0 Å². The summed E-state index contributed by atoms with van der Waals surface area (Å²) in [4.78, 5) is 27.8. The number of halogens is 1. The molecule has 1 aliphatic heterocycles. The number of piperazine rings is 1. The molecule has 6 nitrogen and oxygen atoms in total. The number of nitrogens with zero attached hydrogens (tertiary/aromatic N) is 2. The predicted molar refractivity (Wildman–Crippen MR) is 81.7 cm³/mol. The second kappa shape index (κ2) is 7.58. The standard InChI is InChI=1S/C15H19ClN2O4/c1-21-15(22-2)14(20)18-8-6-17(7-9-18)13(19)11-4-3-5-12(16)10-11/h3-5,10,15H,6-9H2,1-2H3. The lowest BCUT2D eigenvalue weighted by Gasteiger charge is -2.35. The first kappa shape index (κ1) is 16.7. The minimum Gasteiger partial charge on any atom is -0.348 e. The summed E-state index contributed by atoms with van der Waals surface area (Å²) in [5.74, 6) is -0.301. The minimum absolute atomic E-state index is 0.0790. The molecule has 0 aliphatic carbocycles. The van der Waals surface area contributed by atoms with Gasteiger partial charge in [0.25, 0.3) is 11.8 Å². The quantitative estimate of drug-likeness (QED) is 0.781. The predicted octanol–water partition coefficient (Wildman–Crippen LogP) is 1.24. The second-order valence-corrected chi connectivity index (χ2v) is 5.37. The van der Waals surface area contributed by atoms with E-state index in [1.165, 1.54) is 14.2 Å². The third-order valence-corrected chi connectivity index (χ3v) is 3.82. The summed E-state index contributed by atoms with van der Waals surface area (Å²) in [6.45, 7) is 1.84. The van der Waals surface area contributed by atoms with Crippen molar-refractivity contribution in [1.82, 2.24) is 9.80 Å². The molecule has 7 heteroatoms. The maximum absolute atomic E-state index is 12.4. The van der Waals surface area contributed by atoms with Gasteiger partial charge < -0.3 is 19.3 Å². The van der Waals surface area contributed by atoms with Gasteiger partial charge >= 0.3 is 0 Å². The van der Waals surface area contributed by atoms with E-state index >= 15 is 0 Å². The number of hydrogen-bond donors (Lipinski definition) is 0. The van der Waals surface area contributed by atoms with E-state index in [4.69, 9.17) is 21.1 Å². The van der Waals surface area contributed by atoms with Gasteiger partial charge in [0.15, 0.2) is 0 Å². The van der Waals surface area contributed by atoms with Crippen molar-refractivity contribution in [3.8, 4) is 0 Å². The summed E-state index contributed by atoms with van der Waals surface area (Å²) >= 11 is 5.91. The zero-order valence-electron chi connectivity index (χ0n) is 12.6. The van der Waals surface area contributed by atoms with E-state index < -0.39 is 6.29 Å². The SMILES string of the molecule is COC(OC)C(=O)N1CCN(C(=O)c2cccc(Cl)c2)CC1. The molecule has 22 heavy (non-hydrogen) atoms. The number of ether oxygens (including phenoxy) is 2. The molecule has 0 aromatic heterocycles. The lowest BCUT2D eigenvalue weighted by atomic mass is 10.2. The van der Waals surface area contributed by atoms with Gasteiger partial charge in [0.1, 0.15) is 0 Å². The van der Waals surface area contributed by atoms with Crippen LogP contribution in [-0.4, -0.2) is 68.3 Å². The molecule has 0 radical (unpaired) electrons. The molecule has 2 amide bonds. The Balaban J connectivity index is 1.94. The van der Waals surface area contributed by atoms with Crippen LogP contribution in [-0.2, 0) is 14.3 Å². The van der Waals surface area contributed by atoms with E-state index in [2.05, 4.69) is 0 Å². The summed E-state index contributed by atoms with van der Waals surface area (Å²) in [6.07, 6.45) is -0.893. The number of methoxy groups -OCH3 is 2. The van der Waals surface area contributed by atoms with Crippen molar-refractivity contribution in [2.75, 3.05) is 40.4 Å². The van der Waals surface area contributed by atoms with Crippen molar-refractivity contribution in [2.45, 2.75) is 6.29 Å². The number of hydrogen-bond acceptors (Lipinski definition) is 4. The highest BCUT2D eigenvalue weighted by Crippen LogP contribution is 2.14. The molecule has 0 N–H and O–H groups in total. The molecule has 1 aromatic rings. The van der Waals surface area contributed by atoms with Crippen LogP contribution in [0.5, 0.6) is 0 Å². The normalized spacial score (nSPS) is 15.3. The van der Waals surface area contributed by atoms with Crippen LogP contribution in [0.4, 0.5) is 0 Å². The maximum atomic E-state index is 12.4. The Bertz CT molecular complexity index is 540. The molecule has 0 saturated carbocycles. The van der Waals surface area contributed by atoms with Crippen LogP contribution in [0.25, 0.3) is 0 Å². The number of carbonyl (C=O) groups excluding carboxylic acids is 2. The molecule has 1 aliphatic rings. The van der Waals surface area contributed by atoms with Crippen LogP contribution in [0, 0.1) is 0 Å². The van der Waals surface area contributed by atoms with Crippen LogP contribution in [0.3, 0.4) is 0 Å². The van der Waals surface area contributed by atoms with Gasteiger partial charge in [0, 0.05) is 51.0 Å². The van der Waals surface area contributed by atoms with Crippen LogP contribution in [0.15, 0.2) is 24.3 Å². The molecule has 1 heterocycles. The summed E-state index contributed by atoms with van der Waals surface area (Å²) in [5, 5.41) is 0.530. The van der Waals surface area contributed by atoms with Gasteiger partial charge in [-0.3, -0.25) is 9.59 Å². The first-order chi connectivity index (χ1) is 10.6. The second-order valence-electron chi connectivity index (χ2n) is 4.93. The monoisotopic (exact) mass is 326 g/mol. The fraction of sp³-hybridized carbons (Fsp3) is 0.467. The first-order valence-corrected chi connectivity index (χ1v) is 7.34. The highest BCUT2D eigenvalue weighted by Gasteiger charge is 2.29. The molecule has 2 rings (SSSR count).